The van der Waals surface area contributed by atoms with Crippen molar-refractivity contribution in [3.63, 3.8) is 0 Å². The van der Waals surface area contributed by atoms with Gasteiger partial charge in [-0.15, -0.1) is 0 Å². The van der Waals surface area contributed by atoms with E-state index < -0.39 is 20.8 Å². The third-order valence-corrected chi connectivity index (χ3v) is 0. The van der Waals surface area contributed by atoms with E-state index in [9.17, 15) is 0 Å². The van der Waals surface area contributed by atoms with Crippen LogP contribution in [0.3, 0.4) is 0 Å². The summed E-state index contributed by atoms with van der Waals surface area (Å²) in [4.78, 5) is 0. The smallest absolute Gasteiger partial charge is 0.759 e. The molecular formula is H8N2O8S2Zn. The van der Waals surface area contributed by atoms with E-state index in [1.807, 2.05) is 0 Å². The second kappa shape index (κ2) is 10.4. The first-order valence-corrected chi connectivity index (χ1v) is 4.10. The molecular weight excluding hydrogens is 286 g/mol. The first-order valence-electron chi connectivity index (χ1n) is 1.37. The second-order valence-electron chi connectivity index (χ2n) is 0.856. The Morgan fingerprint density at radius 1 is 0.846 bits per heavy atom. The second-order valence-corrected chi connectivity index (χ2v) is 2.57. The van der Waals surface area contributed by atoms with Crippen LogP contribution in [0.2, 0.25) is 0 Å². The van der Waals surface area contributed by atoms with Gasteiger partial charge in [-0.05, 0) is 0 Å². The van der Waals surface area contributed by atoms with Gasteiger partial charge < -0.3 is 21.4 Å². The molecule has 0 aliphatic rings. The zero-order chi connectivity index (χ0) is 9.00. The normalized spacial score (nSPS) is 8.92. The fourth-order valence-electron chi connectivity index (χ4n) is 0. The van der Waals surface area contributed by atoms with E-state index in [4.69, 9.17) is 35.0 Å². The molecule has 0 unspecified atom stereocenters. The molecule has 0 aromatic carbocycles. The van der Waals surface area contributed by atoms with Crippen molar-refractivity contribution in [3.05, 3.63) is 0 Å². The van der Waals surface area contributed by atoms with Gasteiger partial charge in [-0.25, -0.2) is 0 Å². The van der Waals surface area contributed by atoms with Gasteiger partial charge in [0.2, 0.25) is 0 Å². The van der Waals surface area contributed by atoms with Crippen molar-refractivity contribution in [2.45, 2.75) is 0 Å². The van der Waals surface area contributed by atoms with Gasteiger partial charge in [0.1, 0.15) is 0 Å². The summed E-state index contributed by atoms with van der Waals surface area (Å²) in [6.07, 6.45) is 0. The summed E-state index contributed by atoms with van der Waals surface area (Å²) in [5, 5.41) is 0. The quantitative estimate of drug-likeness (QED) is 0.225. The molecule has 0 rings (SSSR count). The van der Waals surface area contributed by atoms with Gasteiger partial charge in [-0.1, -0.05) is 0 Å². The maximum Gasteiger partial charge on any atom is 2.00 e. The molecule has 0 saturated heterocycles. The Hall–Kier alpha value is 0.283. The maximum atomic E-state index is 8.74. The van der Waals surface area contributed by atoms with Crippen molar-refractivity contribution >= 4 is 20.8 Å². The minimum atomic E-state index is -5.17. The van der Waals surface area contributed by atoms with Crippen molar-refractivity contribution in [2.75, 3.05) is 0 Å². The van der Waals surface area contributed by atoms with Crippen LogP contribution in [-0.4, -0.2) is 35.0 Å². The standard InChI is InChI=1S/2H3N.2H2O4S.Zn/c;;2*1-5(2,3)4;/h2*1H3;2*(H2,1,2,3,4);/q;;;;+2/p-2. The third kappa shape index (κ3) is 16200. The third-order valence-electron chi connectivity index (χ3n) is 0. The summed E-state index contributed by atoms with van der Waals surface area (Å²) >= 11 is 0. The van der Waals surface area contributed by atoms with Gasteiger partial charge in [-0.3, -0.25) is 17.5 Å². The molecule has 8 N–H and O–H groups in total. The Kier molecular flexibility index (Phi) is 23.3. The van der Waals surface area contributed by atoms with Crippen molar-refractivity contribution in [2.24, 2.45) is 0 Å². The Bertz CT molecular complexity index is 217. The summed E-state index contributed by atoms with van der Waals surface area (Å²) < 4.78 is 65.7. The predicted octanol–water partition coefficient (Wildman–Crippen LogP) is -1.67. The minimum Gasteiger partial charge on any atom is -0.759 e. The Morgan fingerprint density at radius 3 is 0.846 bits per heavy atom. The Labute approximate surface area is 87.8 Å². The van der Waals surface area contributed by atoms with Crippen LogP contribution in [0.5, 0.6) is 0 Å². The fraction of sp³-hybridized carbons (Fsp3) is 0. The van der Waals surface area contributed by atoms with Crippen LogP contribution >= 0.6 is 0 Å². The molecule has 0 saturated carbocycles. The van der Waals surface area contributed by atoms with Crippen molar-refractivity contribution < 1.29 is 54.5 Å². The van der Waals surface area contributed by atoms with Crippen LogP contribution in [0, 0.1) is 0 Å². The van der Waals surface area contributed by atoms with Gasteiger partial charge in [0, 0.05) is 10.4 Å². The molecule has 13 heavy (non-hydrogen) atoms. The molecule has 0 aromatic heterocycles. The molecule has 80 valence electrons. The molecule has 0 bridgehead atoms. The first kappa shape index (κ1) is 29.2. The van der Waals surface area contributed by atoms with Crippen molar-refractivity contribution in [3.8, 4) is 0 Å². The molecule has 0 aliphatic heterocycles. The van der Waals surface area contributed by atoms with Crippen LogP contribution in [0.15, 0.2) is 0 Å². The minimum absolute atomic E-state index is 0. The number of rotatable bonds is 0. The Morgan fingerprint density at radius 2 is 0.846 bits per heavy atom. The van der Waals surface area contributed by atoms with E-state index in [1.54, 1.807) is 0 Å². The van der Waals surface area contributed by atoms with E-state index in [1.165, 1.54) is 0 Å². The fourth-order valence-corrected chi connectivity index (χ4v) is 0. The average molecular weight is 294 g/mol. The summed E-state index contributed by atoms with van der Waals surface area (Å²) in [6.45, 7) is 0. The molecule has 0 atom stereocenters. The number of hydrogen-bond donors (Lipinski definition) is 4. The summed E-state index contributed by atoms with van der Waals surface area (Å²) in [5.74, 6) is 0. The number of hydrogen-bond acceptors (Lipinski definition) is 8. The van der Waals surface area contributed by atoms with Crippen LogP contribution in [-0.2, 0) is 40.3 Å². The summed E-state index contributed by atoms with van der Waals surface area (Å²) in [5.41, 5.74) is 0. The van der Waals surface area contributed by atoms with Crippen molar-refractivity contribution in [1.29, 1.82) is 0 Å². The van der Waals surface area contributed by atoms with Crippen LogP contribution in [0.1, 0.15) is 0 Å². The van der Waals surface area contributed by atoms with E-state index in [0.29, 0.717) is 0 Å². The van der Waals surface area contributed by atoms with Crippen LogP contribution < -0.4 is 12.3 Å². The Balaban J connectivity index is -0.0000000267. The maximum absolute atomic E-state index is 8.74. The van der Waals surface area contributed by atoms with Crippen molar-refractivity contribution in [1.82, 2.24) is 12.3 Å². The molecule has 0 radical (unpaired) electrons. The van der Waals surface area contributed by atoms with Crippen LogP contribution in [0.25, 0.3) is 0 Å². The summed E-state index contributed by atoms with van der Waals surface area (Å²) in [7, 11) is -9.83. The van der Waals surface area contributed by atoms with Crippen LogP contribution in [0.4, 0.5) is 0 Å². The van der Waals surface area contributed by atoms with Gasteiger partial charge >= 0.3 is 29.9 Å². The molecule has 10 nitrogen and oxygen atoms in total. The van der Waals surface area contributed by atoms with E-state index in [0.717, 1.165) is 0 Å². The molecule has 0 amide bonds. The first-order chi connectivity index (χ1) is 4.00. The van der Waals surface area contributed by atoms with E-state index in [-0.39, 0.29) is 31.8 Å². The molecule has 0 aliphatic carbocycles. The van der Waals surface area contributed by atoms with E-state index >= 15 is 0 Å². The van der Waals surface area contributed by atoms with Gasteiger partial charge in [0.25, 0.3) is 0 Å². The summed E-state index contributed by atoms with van der Waals surface area (Å²) in [6, 6.07) is 0. The SMILES string of the molecule is N.N.O=S(=O)(O)O.O=S(=O)([O-])[O-].[Zn+2]. The zero-order valence-corrected chi connectivity index (χ0v) is 10.9. The molecule has 13 heteroatoms. The average Bonchev–Trinajstić information content (AvgIpc) is 1.12. The van der Waals surface area contributed by atoms with E-state index in [2.05, 4.69) is 0 Å². The molecule has 0 heterocycles. The topological polar surface area (TPSA) is 225 Å². The molecule has 0 spiro atoms. The van der Waals surface area contributed by atoms with Gasteiger partial charge in [-0.2, -0.15) is 8.42 Å². The predicted molar refractivity (Wildman–Crippen MR) is 34.7 cm³/mol. The largest absolute Gasteiger partial charge is 2.00 e. The zero-order valence-electron chi connectivity index (χ0n) is 6.28. The van der Waals surface area contributed by atoms with Gasteiger partial charge in [0.05, 0.1) is 0 Å². The van der Waals surface area contributed by atoms with Gasteiger partial charge in [0.15, 0.2) is 0 Å². The monoisotopic (exact) mass is 292 g/mol. The molecule has 0 aromatic rings. The molecule has 0 fully saturated rings.